The summed E-state index contributed by atoms with van der Waals surface area (Å²) in [4.78, 5) is 26.7. The van der Waals surface area contributed by atoms with Crippen LogP contribution in [0, 0.1) is 18.7 Å². The van der Waals surface area contributed by atoms with Crippen LogP contribution in [0.5, 0.6) is 0 Å². The van der Waals surface area contributed by atoms with E-state index in [9.17, 15) is 22.4 Å². The zero-order valence-electron chi connectivity index (χ0n) is 17.5. The van der Waals surface area contributed by atoms with Crippen LogP contribution in [-0.4, -0.2) is 32.0 Å². The molecule has 6 nitrogen and oxygen atoms in total. The number of nitrogens with zero attached hydrogens (tertiary/aromatic N) is 1. The summed E-state index contributed by atoms with van der Waals surface area (Å²) in [6.07, 6.45) is 2.25. The number of amides is 2. The number of sulfone groups is 1. The van der Waals surface area contributed by atoms with Crippen LogP contribution >= 0.6 is 0 Å². The number of aryl methyl sites for hydroxylation is 1. The average Bonchev–Trinajstić information content (AvgIpc) is 3.48. The van der Waals surface area contributed by atoms with Gasteiger partial charge in [-0.2, -0.15) is 0 Å². The Morgan fingerprint density at radius 3 is 2.61 bits per heavy atom. The first-order valence-corrected chi connectivity index (χ1v) is 12.0. The van der Waals surface area contributed by atoms with Crippen LogP contribution in [0.4, 0.5) is 15.8 Å². The second-order valence-corrected chi connectivity index (χ2v) is 10.7. The topological polar surface area (TPSA) is 83.6 Å². The third-order valence-corrected chi connectivity index (χ3v) is 8.07. The molecule has 2 aromatic rings. The van der Waals surface area contributed by atoms with Crippen LogP contribution in [0.2, 0.25) is 0 Å². The van der Waals surface area contributed by atoms with Crippen molar-refractivity contribution in [2.75, 3.05) is 16.8 Å². The molecule has 31 heavy (non-hydrogen) atoms. The molecule has 0 radical (unpaired) electrons. The Labute approximate surface area is 181 Å². The molecule has 0 unspecified atom stereocenters. The van der Waals surface area contributed by atoms with Gasteiger partial charge in [0.25, 0.3) is 0 Å². The summed E-state index contributed by atoms with van der Waals surface area (Å²) in [5, 5.41) is 1.72. The summed E-state index contributed by atoms with van der Waals surface area (Å²) in [5.41, 5.74) is 2.64. The third kappa shape index (κ3) is 4.35. The highest BCUT2D eigenvalue weighted by molar-refractivity contribution is 7.92. The van der Waals surface area contributed by atoms with Gasteiger partial charge in [-0.25, -0.2) is 12.8 Å². The number of nitrogens with one attached hydrogen (secondary N) is 1. The molecule has 1 atom stereocenters. The summed E-state index contributed by atoms with van der Waals surface area (Å²) in [6, 6.07) is 8.85. The molecule has 2 amide bonds. The number of carbonyl (C=O) groups is 2. The Bertz CT molecular complexity index is 1160. The van der Waals surface area contributed by atoms with E-state index in [1.165, 1.54) is 31.2 Å². The van der Waals surface area contributed by atoms with Gasteiger partial charge in [0.2, 0.25) is 11.8 Å². The van der Waals surface area contributed by atoms with Gasteiger partial charge in [-0.05, 0) is 80.6 Å². The van der Waals surface area contributed by atoms with Crippen molar-refractivity contribution in [3.05, 3.63) is 53.3 Å². The molecule has 0 spiro atoms. The number of fused-ring (bicyclic) bond motifs is 1. The van der Waals surface area contributed by atoms with Crippen molar-refractivity contribution in [3.63, 3.8) is 0 Å². The van der Waals surface area contributed by atoms with E-state index in [0.717, 1.165) is 24.1 Å². The molecular formula is C23H25FN2O4S. The molecule has 1 heterocycles. The van der Waals surface area contributed by atoms with E-state index in [1.54, 1.807) is 24.0 Å². The van der Waals surface area contributed by atoms with Gasteiger partial charge in [-0.1, -0.05) is 0 Å². The maximum Gasteiger partial charge on any atom is 0.230 e. The van der Waals surface area contributed by atoms with Crippen molar-refractivity contribution in [1.29, 1.82) is 0 Å². The largest absolute Gasteiger partial charge is 0.326 e. The first-order valence-electron chi connectivity index (χ1n) is 10.4. The van der Waals surface area contributed by atoms with Gasteiger partial charge in [-0.15, -0.1) is 0 Å². The summed E-state index contributed by atoms with van der Waals surface area (Å²) < 4.78 is 39.3. The van der Waals surface area contributed by atoms with Crippen molar-refractivity contribution >= 4 is 33.0 Å². The highest BCUT2D eigenvalue weighted by atomic mass is 32.2. The van der Waals surface area contributed by atoms with Crippen LogP contribution in [0.3, 0.4) is 0 Å². The van der Waals surface area contributed by atoms with Crippen molar-refractivity contribution in [1.82, 2.24) is 0 Å². The van der Waals surface area contributed by atoms with E-state index in [2.05, 4.69) is 5.32 Å². The molecule has 1 N–H and O–H groups in total. The number of hydrogen-bond donors (Lipinski definition) is 1. The predicted octanol–water partition coefficient (Wildman–Crippen LogP) is 3.62. The lowest BCUT2D eigenvalue weighted by Crippen LogP contribution is -2.30. The Balaban J connectivity index is 1.46. The maximum atomic E-state index is 13.2. The molecule has 8 heteroatoms. The average molecular weight is 445 g/mol. The number of anilines is 2. The zero-order chi connectivity index (χ0) is 22.3. The van der Waals surface area contributed by atoms with Gasteiger partial charge in [0.15, 0.2) is 9.84 Å². The minimum absolute atomic E-state index is 0.109. The summed E-state index contributed by atoms with van der Waals surface area (Å²) in [6.45, 7) is 3.74. The standard InChI is InChI=1S/C23H25FN2O4S/c1-14-11-18(24)5-7-20(14)25-22(27)12-15(2)31(29,30)19-6-8-21-17(13-19)9-10-26(21)23(28)16-3-4-16/h5-8,11,13,15-16H,3-4,9-10,12H2,1-2H3,(H,25,27)/t15-/m0/s1. The number of rotatable bonds is 6. The molecule has 164 valence electrons. The lowest BCUT2D eigenvalue weighted by molar-refractivity contribution is -0.119. The summed E-state index contributed by atoms with van der Waals surface area (Å²) >= 11 is 0. The van der Waals surface area contributed by atoms with Gasteiger partial charge in [0.05, 0.1) is 10.1 Å². The van der Waals surface area contributed by atoms with Crippen molar-refractivity contribution in [2.45, 2.75) is 49.7 Å². The third-order valence-electron chi connectivity index (χ3n) is 5.93. The van der Waals surface area contributed by atoms with Crippen LogP contribution in [0.1, 0.15) is 37.3 Å². The maximum absolute atomic E-state index is 13.2. The van der Waals surface area contributed by atoms with Crippen LogP contribution in [0.15, 0.2) is 41.3 Å². The van der Waals surface area contributed by atoms with E-state index in [1.807, 2.05) is 0 Å². The van der Waals surface area contributed by atoms with Crippen molar-refractivity contribution in [3.8, 4) is 0 Å². The first kappa shape index (κ1) is 21.5. The van der Waals surface area contributed by atoms with Crippen molar-refractivity contribution < 1.29 is 22.4 Å². The lowest BCUT2D eigenvalue weighted by atomic mass is 10.2. The summed E-state index contributed by atoms with van der Waals surface area (Å²) in [5.74, 6) is -0.623. The Kier molecular flexibility index (Phi) is 5.60. The lowest BCUT2D eigenvalue weighted by Gasteiger charge is -2.18. The monoisotopic (exact) mass is 444 g/mol. The smallest absolute Gasteiger partial charge is 0.230 e. The Morgan fingerprint density at radius 2 is 1.94 bits per heavy atom. The molecule has 0 bridgehead atoms. The fourth-order valence-electron chi connectivity index (χ4n) is 3.91. The normalized spacial score (nSPS) is 16.7. The molecule has 0 aromatic heterocycles. The molecule has 1 fully saturated rings. The number of hydrogen-bond acceptors (Lipinski definition) is 4. The second-order valence-electron chi connectivity index (χ2n) is 8.37. The molecule has 4 rings (SSSR count). The minimum Gasteiger partial charge on any atom is -0.326 e. The van der Waals surface area contributed by atoms with Gasteiger partial charge >= 0.3 is 0 Å². The molecular weight excluding hydrogens is 419 g/mol. The minimum atomic E-state index is -3.73. The molecule has 1 aliphatic heterocycles. The van der Waals surface area contributed by atoms with Crippen LogP contribution in [-0.2, 0) is 25.8 Å². The van der Waals surface area contributed by atoms with E-state index in [0.29, 0.717) is 24.2 Å². The molecule has 1 saturated carbocycles. The van der Waals surface area contributed by atoms with Gasteiger partial charge in [0.1, 0.15) is 5.82 Å². The van der Waals surface area contributed by atoms with Crippen LogP contribution < -0.4 is 10.2 Å². The fourth-order valence-corrected chi connectivity index (χ4v) is 5.31. The first-order chi connectivity index (χ1) is 14.7. The van der Waals surface area contributed by atoms with Gasteiger partial charge in [-0.3, -0.25) is 9.59 Å². The highest BCUT2D eigenvalue weighted by Crippen LogP contribution is 2.37. The SMILES string of the molecule is Cc1cc(F)ccc1NC(=O)C[C@H](C)S(=O)(=O)c1ccc2c(c1)CCN2C(=O)C1CC1. The number of carbonyl (C=O) groups excluding carboxylic acids is 2. The van der Waals surface area contributed by atoms with Gasteiger partial charge in [0, 0.05) is 30.3 Å². The number of halogens is 1. The molecule has 2 aromatic carbocycles. The van der Waals surface area contributed by atoms with E-state index >= 15 is 0 Å². The van der Waals surface area contributed by atoms with E-state index in [4.69, 9.17) is 0 Å². The number of benzene rings is 2. The second kappa shape index (κ2) is 8.07. The fraction of sp³-hybridized carbons (Fsp3) is 0.391. The Hall–Kier alpha value is -2.74. The summed E-state index contributed by atoms with van der Waals surface area (Å²) in [7, 11) is -3.73. The van der Waals surface area contributed by atoms with Crippen LogP contribution in [0.25, 0.3) is 0 Å². The quantitative estimate of drug-likeness (QED) is 0.738. The zero-order valence-corrected chi connectivity index (χ0v) is 18.3. The van der Waals surface area contributed by atoms with Gasteiger partial charge < -0.3 is 10.2 Å². The van der Waals surface area contributed by atoms with E-state index < -0.39 is 26.8 Å². The predicted molar refractivity (Wildman–Crippen MR) is 116 cm³/mol. The van der Waals surface area contributed by atoms with E-state index in [-0.39, 0.29) is 23.1 Å². The molecule has 2 aliphatic rings. The highest BCUT2D eigenvalue weighted by Gasteiger charge is 2.37. The Morgan fingerprint density at radius 1 is 1.19 bits per heavy atom. The molecule has 0 saturated heterocycles. The van der Waals surface area contributed by atoms with Crippen molar-refractivity contribution in [2.24, 2.45) is 5.92 Å². The molecule has 1 aliphatic carbocycles.